The van der Waals surface area contributed by atoms with E-state index in [1.165, 1.54) is 29.7 Å². The summed E-state index contributed by atoms with van der Waals surface area (Å²) in [5, 5.41) is 2.80. The summed E-state index contributed by atoms with van der Waals surface area (Å²) in [7, 11) is 0. The van der Waals surface area contributed by atoms with Crippen LogP contribution in [-0.2, 0) is 29.0 Å². The van der Waals surface area contributed by atoms with E-state index >= 15 is 0 Å². The number of anilines is 1. The van der Waals surface area contributed by atoms with Crippen LogP contribution in [-0.4, -0.2) is 18.4 Å². The Hall–Kier alpha value is -2.69. The highest BCUT2D eigenvalue weighted by molar-refractivity contribution is 6.09. The number of carbonyl (C=O) groups excluding carboxylic acids is 2. The van der Waals surface area contributed by atoms with Crippen molar-refractivity contribution in [3.8, 4) is 0 Å². The van der Waals surface area contributed by atoms with Gasteiger partial charge in [0, 0.05) is 18.8 Å². The maximum atomic E-state index is 12.9. The second-order valence-corrected chi connectivity index (χ2v) is 6.98. The van der Waals surface area contributed by atoms with Gasteiger partial charge in [0.2, 0.25) is 11.8 Å². The number of aryl methyl sites for hydroxylation is 2. The number of carbonyl (C=O) groups is 2. The molecule has 2 aromatic carbocycles. The molecule has 1 aliphatic carbocycles. The molecular formula is C21H21FN2O2. The molecule has 134 valence electrons. The molecule has 5 heteroatoms. The van der Waals surface area contributed by atoms with Crippen molar-refractivity contribution in [2.24, 2.45) is 5.92 Å². The maximum absolute atomic E-state index is 12.9. The molecule has 0 aromatic heterocycles. The van der Waals surface area contributed by atoms with Crippen molar-refractivity contribution in [3.63, 3.8) is 0 Å². The maximum Gasteiger partial charge on any atom is 0.239 e. The van der Waals surface area contributed by atoms with Gasteiger partial charge in [0.05, 0.1) is 0 Å². The largest absolute Gasteiger partial charge is 0.351 e. The smallest absolute Gasteiger partial charge is 0.239 e. The normalized spacial score (nSPS) is 18.9. The van der Waals surface area contributed by atoms with Crippen LogP contribution in [0.4, 0.5) is 10.1 Å². The summed E-state index contributed by atoms with van der Waals surface area (Å²) < 4.78 is 12.9. The van der Waals surface area contributed by atoms with Gasteiger partial charge in [-0.1, -0.05) is 18.2 Å². The van der Waals surface area contributed by atoms with Gasteiger partial charge < -0.3 is 10.2 Å². The van der Waals surface area contributed by atoms with Crippen molar-refractivity contribution in [2.75, 3.05) is 11.4 Å². The standard InChI is InChI=1S/C21H21FN2O2/c22-17-7-4-14(5-8-17)13-23-20(25)19-10-11-24(21(19)26)18-9-6-15-2-1-3-16(15)12-18/h4-9,12,19H,1-3,10-11,13H2,(H,23,25). The molecule has 1 saturated heterocycles. The highest BCUT2D eigenvalue weighted by Crippen LogP contribution is 2.30. The Kier molecular flexibility index (Phi) is 4.45. The minimum absolute atomic E-state index is 0.139. The molecule has 2 aliphatic rings. The number of rotatable bonds is 4. The van der Waals surface area contributed by atoms with Gasteiger partial charge in [-0.2, -0.15) is 0 Å². The molecule has 0 bridgehead atoms. The molecule has 1 atom stereocenters. The molecule has 1 heterocycles. The van der Waals surface area contributed by atoms with E-state index in [1.807, 2.05) is 6.07 Å². The lowest BCUT2D eigenvalue weighted by Crippen LogP contribution is -2.36. The number of halogens is 1. The van der Waals surface area contributed by atoms with Gasteiger partial charge in [0.15, 0.2) is 0 Å². The summed E-state index contributed by atoms with van der Waals surface area (Å²) in [5.41, 5.74) is 4.39. The van der Waals surface area contributed by atoms with Crippen molar-refractivity contribution >= 4 is 17.5 Å². The topological polar surface area (TPSA) is 49.4 Å². The first-order valence-corrected chi connectivity index (χ1v) is 9.07. The first-order chi connectivity index (χ1) is 12.6. The van der Waals surface area contributed by atoms with Crippen LogP contribution < -0.4 is 10.2 Å². The van der Waals surface area contributed by atoms with Crippen molar-refractivity contribution in [1.29, 1.82) is 0 Å². The third-order valence-electron chi connectivity index (χ3n) is 5.30. The van der Waals surface area contributed by atoms with Gasteiger partial charge in [0.25, 0.3) is 0 Å². The second kappa shape index (κ2) is 6.90. The highest BCUT2D eigenvalue weighted by Gasteiger charge is 2.37. The molecule has 4 nitrogen and oxygen atoms in total. The Morgan fingerprint density at radius 2 is 1.88 bits per heavy atom. The van der Waals surface area contributed by atoms with Gasteiger partial charge in [0.1, 0.15) is 11.7 Å². The molecule has 0 saturated carbocycles. The first kappa shape index (κ1) is 16.8. The van der Waals surface area contributed by atoms with Crippen LogP contribution in [0.1, 0.15) is 29.5 Å². The Morgan fingerprint density at radius 3 is 2.69 bits per heavy atom. The lowest BCUT2D eigenvalue weighted by molar-refractivity contribution is -0.132. The third kappa shape index (κ3) is 3.21. The molecule has 1 N–H and O–H groups in total. The number of nitrogens with zero attached hydrogens (tertiary/aromatic N) is 1. The van der Waals surface area contributed by atoms with Gasteiger partial charge >= 0.3 is 0 Å². The predicted molar refractivity (Wildman–Crippen MR) is 97.2 cm³/mol. The third-order valence-corrected chi connectivity index (χ3v) is 5.30. The quantitative estimate of drug-likeness (QED) is 0.860. The van der Waals surface area contributed by atoms with Crippen molar-refractivity contribution in [3.05, 3.63) is 65.0 Å². The van der Waals surface area contributed by atoms with E-state index in [9.17, 15) is 14.0 Å². The number of nitrogens with one attached hydrogen (secondary N) is 1. The number of amides is 2. The second-order valence-electron chi connectivity index (χ2n) is 6.98. The lowest BCUT2D eigenvalue weighted by Gasteiger charge is -2.18. The minimum atomic E-state index is -0.649. The van der Waals surface area contributed by atoms with Crippen LogP contribution in [0.15, 0.2) is 42.5 Å². The Bertz CT molecular complexity index is 848. The molecule has 4 rings (SSSR count). The molecule has 2 aromatic rings. The molecule has 0 radical (unpaired) electrons. The summed E-state index contributed by atoms with van der Waals surface area (Å²) in [4.78, 5) is 26.9. The summed E-state index contributed by atoms with van der Waals surface area (Å²) in [5.74, 6) is -1.36. The summed E-state index contributed by atoms with van der Waals surface area (Å²) in [6, 6.07) is 12.2. The van der Waals surface area contributed by atoms with Crippen molar-refractivity contribution < 1.29 is 14.0 Å². The molecule has 1 fully saturated rings. The Balaban J connectivity index is 1.40. The summed E-state index contributed by atoms with van der Waals surface area (Å²) >= 11 is 0. The van der Waals surface area contributed by atoms with E-state index in [0.29, 0.717) is 19.5 Å². The zero-order chi connectivity index (χ0) is 18.1. The van der Waals surface area contributed by atoms with Gasteiger partial charge in [-0.15, -0.1) is 0 Å². The highest BCUT2D eigenvalue weighted by atomic mass is 19.1. The van der Waals surface area contributed by atoms with Gasteiger partial charge in [-0.3, -0.25) is 9.59 Å². The van der Waals surface area contributed by atoms with Crippen molar-refractivity contribution in [2.45, 2.75) is 32.2 Å². The molecular weight excluding hydrogens is 331 g/mol. The summed E-state index contributed by atoms with van der Waals surface area (Å²) in [6.07, 6.45) is 3.86. The van der Waals surface area contributed by atoms with Crippen LogP contribution in [0.5, 0.6) is 0 Å². The first-order valence-electron chi connectivity index (χ1n) is 9.07. The molecule has 0 spiro atoms. The van der Waals surface area contributed by atoms with Gasteiger partial charge in [-0.05, 0) is 66.6 Å². The van der Waals surface area contributed by atoms with E-state index in [4.69, 9.17) is 0 Å². The van der Waals surface area contributed by atoms with Crippen LogP contribution in [0, 0.1) is 11.7 Å². The van der Waals surface area contributed by atoms with Crippen molar-refractivity contribution in [1.82, 2.24) is 5.32 Å². The van der Waals surface area contributed by atoms with Crippen LogP contribution >= 0.6 is 0 Å². The average molecular weight is 352 g/mol. The average Bonchev–Trinajstić information content (AvgIpc) is 3.26. The molecule has 26 heavy (non-hydrogen) atoms. The molecule has 2 amide bonds. The number of hydrogen-bond acceptors (Lipinski definition) is 2. The van der Waals surface area contributed by atoms with E-state index in [0.717, 1.165) is 24.1 Å². The summed E-state index contributed by atoms with van der Waals surface area (Å²) in [6.45, 7) is 0.855. The van der Waals surface area contributed by atoms with E-state index in [1.54, 1.807) is 17.0 Å². The predicted octanol–water partition coefficient (Wildman–Crippen LogP) is 2.98. The zero-order valence-electron chi connectivity index (χ0n) is 14.5. The fourth-order valence-corrected chi connectivity index (χ4v) is 3.82. The van der Waals surface area contributed by atoms with E-state index in [-0.39, 0.29) is 17.6 Å². The SMILES string of the molecule is O=C(NCc1ccc(F)cc1)C1CCN(c2ccc3c(c2)CCC3)C1=O. The van der Waals surface area contributed by atoms with Crippen LogP contribution in [0.3, 0.4) is 0 Å². The molecule has 1 aliphatic heterocycles. The number of benzene rings is 2. The lowest BCUT2D eigenvalue weighted by atomic mass is 10.1. The van der Waals surface area contributed by atoms with E-state index < -0.39 is 5.92 Å². The fraction of sp³-hybridized carbons (Fsp3) is 0.333. The monoisotopic (exact) mass is 352 g/mol. The van der Waals surface area contributed by atoms with Crippen LogP contribution in [0.25, 0.3) is 0 Å². The zero-order valence-corrected chi connectivity index (χ0v) is 14.5. The van der Waals surface area contributed by atoms with E-state index in [2.05, 4.69) is 17.4 Å². The van der Waals surface area contributed by atoms with Crippen LogP contribution in [0.2, 0.25) is 0 Å². The number of hydrogen-bond donors (Lipinski definition) is 1. The minimum Gasteiger partial charge on any atom is -0.351 e. The molecule has 1 unspecified atom stereocenters. The Labute approximate surface area is 152 Å². The van der Waals surface area contributed by atoms with Gasteiger partial charge in [-0.25, -0.2) is 4.39 Å². The Morgan fingerprint density at radius 1 is 1.12 bits per heavy atom. The number of fused-ring (bicyclic) bond motifs is 1. The fourth-order valence-electron chi connectivity index (χ4n) is 3.82.